The molecule has 0 aliphatic carbocycles. The van der Waals surface area contributed by atoms with Crippen LogP contribution in [0.25, 0.3) is 0 Å². The number of halogens is 1. The monoisotopic (exact) mass is 335 g/mol. The lowest BCUT2D eigenvalue weighted by Crippen LogP contribution is -2.43. The third-order valence-corrected chi connectivity index (χ3v) is 3.84. The first-order valence-corrected chi connectivity index (χ1v) is 7.73. The minimum atomic E-state index is -0.381. The zero-order valence-corrected chi connectivity index (χ0v) is 14.0. The molecule has 1 aliphatic rings. The Labute approximate surface area is 140 Å². The van der Waals surface area contributed by atoms with E-state index < -0.39 is 0 Å². The van der Waals surface area contributed by atoms with Crippen molar-refractivity contribution in [2.24, 2.45) is 4.99 Å². The van der Waals surface area contributed by atoms with Crippen LogP contribution in [-0.4, -0.2) is 49.5 Å². The smallest absolute Gasteiger partial charge is 0.324 e. The number of aryl methyl sites for hydroxylation is 1. The highest BCUT2D eigenvalue weighted by atomic mass is 19.1. The second-order valence-electron chi connectivity index (χ2n) is 5.58. The van der Waals surface area contributed by atoms with Crippen LogP contribution < -0.4 is 16.0 Å². The van der Waals surface area contributed by atoms with Crippen molar-refractivity contribution < 1.29 is 14.0 Å². The van der Waals surface area contributed by atoms with Gasteiger partial charge in [-0.2, -0.15) is 0 Å². The number of urea groups is 1. The van der Waals surface area contributed by atoms with E-state index in [2.05, 4.69) is 20.9 Å². The maximum atomic E-state index is 13.7. The Kier molecular flexibility index (Phi) is 5.73. The number of hydrogen-bond acceptors (Lipinski definition) is 3. The number of hydrogen-bond donors (Lipinski definition) is 3. The summed E-state index contributed by atoms with van der Waals surface area (Å²) in [5, 5.41) is 8.64. The molecule has 1 unspecified atom stereocenters. The molecule has 1 aliphatic heterocycles. The molecule has 8 heteroatoms. The van der Waals surface area contributed by atoms with E-state index in [4.69, 9.17) is 0 Å². The molecule has 1 aromatic rings. The van der Waals surface area contributed by atoms with Gasteiger partial charge in [0.1, 0.15) is 5.82 Å². The first-order valence-electron chi connectivity index (χ1n) is 7.73. The number of guanidine groups is 1. The normalized spacial score (nSPS) is 16.2. The van der Waals surface area contributed by atoms with Gasteiger partial charge in [-0.05, 0) is 31.0 Å². The number of amides is 3. The molecule has 1 atom stereocenters. The SMILES string of the molecule is CN=C(NCCN1C(=O)CNC1=O)NC(C)c1ccc(C)c(F)c1. The summed E-state index contributed by atoms with van der Waals surface area (Å²) in [4.78, 5) is 28.2. The first-order chi connectivity index (χ1) is 11.4. The molecule has 0 spiro atoms. The number of nitrogens with one attached hydrogen (secondary N) is 3. The van der Waals surface area contributed by atoms with Crippen LogP contribution in [0.2, 0.25) is 0 Å². The molecule has 1 saturated heterocycles. The third-order valence-electron chi connectivity index (χ3n) is 3.84. The quantitative estimate of drug-likeness (QED) is 0.424. The Hall–Kier alpha value is -2.64. The Morgan fingerprint density at radius 2 is 2.21 bits per heavy atom. The molecular weight excluding hydrogens is 313 g/mol. The average molecular weight is 335 g/mol. The van der Waals surface area contributed by atoms with Gasteiger partial charge in [0.2, 0.25) is 5.91 Å². The fraction of sp³-hybridized carbons (Fsp3) is 0.438. The predicted octanol–water partition coefficient (Wildman–Crippen LogP) is 0.912. The van der Waals surface area contributed by atoms with Crippen molar-refractivity contribution >= 4 is 17.9 Å². The minimum absolute atomic E-state index is 0.0435. The van der Waals surface area contributed by atoms with Crippen molar-refractivity contribution in [3.8, 4) is 0 Å². The van der Waals surface area contributed by atoms with E-state index in [1.165, 1.54) is 6.07 Å². The van der Waals surface area contributed by atoms with Crippen molar-refractivity contribution in [3.05, 3.63) is 35.1 Å². The van der Waals surface area contributed by atoms with E-state index in [-0.39, 0.29) is 36.9 Å². The van der Waals surface area contributed by atoms with Crippen molar-refractivity contribution in [2.75, 3.05) is 26.7 Å². The highest BCUT2D eigenvalue weighted by Crippen LogP contribution is 2.16. The zero-order valence-electron chi connectivity index (χ0n) is 14.0. The average Bonchev–Trinajstić information content (AvgIpc) is 2.88. The largest absolute Gasteiger partial charge is 0.355 e. The van der Waals surface area contributed by atoms with Gasteiger partial charge in [-0.15, -0.1) is 0 Å². The van der Waals surface area contributed by atoms with Crippen LogP contribution in [0.5, 0.6) is 0 Å². The van der Waals surface area contributed by atoms with Crippen LogP contribution in [-0.2, 0) is 4.79 Å². The molecular formula is C16H22FN5O2. The van der Waals surface area contributed by atoms with Crippen molar-refractivity contribution in [2.45, 2.75) is 19.9 Å². The van der Waals surface area contributed by atoms with Crippen LogP contribution in [0.1, 0.15) is 24.1 Å². The lowest BCUT2D eigenvalue weighted by molar-refractivity contribution is -0.124. The second-order valence-corrected chi connectivity index (χ2v) is 5.58. The van der Waals surface area contributed by atoms with E-state index in [9.17, 15) is 14.0 Å². The zero-order chi connectivity index (χ0) is 17.7. The highest BCUT2D eigenvalue weighted by Gasteiger charge is 2.27. The maximum absolute atomic E-state index is 13.7. The Balaban J connectivity index is 1.86. The standard InChI is InChI=1S/C16H22FN5O2/c1-10-4-5-12(8-13(10)17)11(2)21-15(18-3)19-6-7-22-14(23)9-20-16(22)24/h4-5,8,11H,6-7,9H2,1-3H3,(H,20,24)(H2,18,19,21). The molecule has 0 aromatic heterocycles. The van der Waals surface area contributed by atoms with E-state index in [0.29, 0.717) is 18.1 Å². The molecule has 7 nitrogen and oxygen atoms in total. The lowest BCUT2D eigenvalue weighted by Gasteiger charge is -2.20. The number of imide groups is 1. The molecule has 0 saturated carbocycles. The van der Waals surface area contributed by atoms with E-state index in [1.54, 1.807) is 20.0 Å². The van der Waals surface area contributed by atoms with Gasteiger partial charge in [-0.3, -0.25) is 14.7 Å². The van der Waals surface area contributed by atoms with Crippen LogP contribution in [0.3, 0.4) is 0 Å². The Morgan fingerprint density at radius 3 is 2.79 bits per heavy atom. The highest BCUT2D eigenvalue weighted by molar-refractivity contribution is 6.01. The molecule has 130 valence electrons. The second kappa shape index (κ2) is 7.76. The molecule has 0 radical (unpaired) electrons. The molecule has 1 heterocycles. The number of nitrogens with zero attached hydrogens (tertiary/aromatic N) is 2. The van der Waals surface area contributed by atoms with Gasteiger partial charge < -0.3 is 16.0 Å². The van der Waals surface area contributed by atoms with Gasteiger partial charge in [-0.1, -0.05) is 12.1 Å². The summed E-state index contributed by atoms with van der Waals surface area (Å²) >= 11 is 0. The number of carbonyl (C=O) groups is 2. The number of rotatable bonds is 5. The molecule has 1 aromatic carbocycles. The van der Waals surface area contributed by atoms with E-state index in [1.807, 2.05) is 13.0 Å². The molecule has 2 rings (SSSR count). The van der Waals surface area contributed by atoms with E-state index in [0.717, 1.165) is 10.5 Å². The number of carbonyl (C=O) groups excluding carboxylic acids is 2. The Morgan fingerprint density at radius 1 is 1.46 bits per heavy atom. The van der Waals surface area contributed by atoms with Crippen LogP contribution in [0.4, 0.5) is 9.18 Å². The van der Waals surface area contributed by atoms with Gasteiger partial charge in [0.15, 0.2) is 5.96 Å². The molecule has 3 N–H and O–H groups in total. The summed E-state index contributed by atoms with van der Waals surface area (Å²) in [5.74, 6) is 0.0198. The van der Waals surface area contributed by atoms with Crippen molar-refractivity contribution in [1.29, 1.82) is 0 Å². The van der Waals surface area contributed by atoms with Gasteiger partial charge in [-0.25, -0.2) is 9.18 Å². The van der Waals surface area contributed by atoms with Gasteiger partial charge in [0.25, 0.3) is 0 Å². The fourth-order valence-electron chi connectivity index (χ4n) is 2.33. The van der Waals surface area contributed by atoms with Gasteiger partial charge in [0.05, 0.1) is 12.6 Å². The van der Waals surface area contributed by atoms with Crippen molar-refractivity contribution in [1.82, 2.24) is 20.9 Å². The van der Waals surface area contributed by atoms with Crippen LogP contribution >= 0.6 is 0 Å². The Bertz CT molecular complexity index is 646. The summed E-state index contributed by atoms with van der Waals surface area (Å²) in [6.07, 6.45) is 0. The third kappa shape index (κ3) is 4.21. The van der Waals surface area contributed by atoms with Crippen LogP contribution in [0.15, 0.2) is 23.2 Å². The summed E-state index contributed by atoms with van der Waals surface area (Å²) in [5.41, 5.74) is 1.40. The summed E-state index contributed by atoms with van der Waals surface area (Å²) in [6.45, 7) is 4.27. The number of aliphatic imine (C=N–C) groups is 1. The summed E-state index contributed by atoms with van der Waals surface area (Å²) < 4.78 is 13.7. The minimum Gasteiger partial charge on any atom is -0.355 e. The fourth-order valence-corrected chi connectivity index (χ4v) is 2.33. The maximum Gasteiger partial charge on any atom is 0.324 e. The van der Waals surface area contributed by atoms with Crippen LogP contribution in [0, 0.1) is 12.7 Å². The number of benzene rings is 1. The van der Waals surface area contributed by atoms with E-state index >= 15 is 0 Å². The van der Waals surface area contributed by atoms with Crippen molar-refractivity contribution in [3.63, 3.8) is 0 Å². The molecule has 1 fully saturated rings. The molecule has 3 amide bonds. The molecule has 0 bridgehead atoms. The summed E-state index contributed by atoms with van der Waals surface area (Å²) in [6, 6.07) is 4.55. The van der Waals surface area contributed by atoms with Gasteiger partial charge in [0, 0.05) is 20.1 Å². The molecule has 24 heavy (non-hydrogen) atoms. The summed E-state index contributed by atoms with van der Waals surface area (Å²) in [7, 11) is 1.62. The lowest BCUT2D eigenvalue weighted by atomic mass is 10.1. The topological polar surface area (TPSA) is 85.8 Å². The van der Waals surface area contributed by atoms with Gasteiger partial charge >= 0.3 is 6.03 Å². The first kappa shape index (κ1) is 17.7. The predicted molar refractivity (Wildman–Crippen MR) is 89.2 cm³/mol.